The van der Waals surface area contributed by atoms with E-state index in [0.717, 1.165) is 12.1 Å². The number of benzene rings is 1. The third-order valence-corrected chi connectivity index (χ3v) is 3.61. The number of hydrogen-bond donors (Lipinski definition) is 1. The smallest absolute Gasteiger partial charge is 0.257 e. The standard InChI is InChI=1S/C18H13F2N3O2/c1-23-10-11(18(25)22-12-4-3-7-21-9-12)8-15(23)17(24)16-13(19)5-2-6-14(16)20/h2-10H,1H3,(H,22,25). The molecule has 0 atom stereocenters. The summed E-state index contributed by atoms with van der Waals surface area (Å²) in [6.45, 7) is 0. The first-order valence-electron chi connectivity index (χ1n) is 7.34. The Morgan fingerprint density at radius 3 is 2.48 bits per heavy atom. The zero-order valence-corrected chi connectivity index (χ0v) is 13.2. The number of halogens is 2. The van der Waals surface area contributed by atoms with Gasteiger partial charge in [-0.05, 0) is 30.3 Å². The van der Waals surface area contributed by atoms with Crippen LogP contribution in [0.1, 0.15) is 26.4 Å². The van der Waals surface area contributed by atoms with E-state index in [0.29, 0.717) is 5.69 Å². The Morgan fingerprint density at radius 2 is 1.84 bits per heavy atom. The van der Waals surface area contributed by atoms with Crippen molar-refractivity contribution >= 4 is 17.4 Å². The Bertz CT molecular complexity index is 932. The van der Waals surface area contributed by atoms with Crippen LogP contribution in [0, 0.1) is 11.6 Å². The second-order valence-electron chi connectivity index (χ2n) is 5.35. The van der Waals surface area contributed by atoms with Gasteiger partial charge < -0.3 is 9.88 Å². The highest BCUT2D eigenvalue weighted by atomic mass is 19.1. The lowest BCUT2D eigenvalue weighted by atomic mass is 10.1. The van der Waals surface area contributed by atoms with Crippen LogP contribution in [0.15, 0.2) is 55.0 Å². The fourth-order valence-electron chi connectivity index (χ4n) is 2.40. The SMILES string of the molecule is Cn1cc(C(=O)Nc2cccnc2)cc1C(=O)c1c(F)cccc1F. The number of aryl methyl sites for hydroxylation is 1. The molecule has 3 aromatic rings. The Labute approximate surface area is 141 Å². The van der Waals surface area contributed by atoms with Crippen molar-refractivity contribution in [3.8, 4) is 0 Å². The number of ketones is 1. The molecule has 7 heteroatoms. The summed E-state index contributed by atoms with van der Waals surface area (Å²) in [6.07, 6.45) is 4.46. The molecule has 0 radical (unpaired) electrons. The molecule has 2 heterocycles. The molecule has 0 aliphatic rings. The predicted molar refractivity (Wildman–Crippen MR) is 87.4 cm³/mol. The van der Waals surface area contributed by atoms with Gasteiger partial charge in [0.2, 0.25) is 5.78 Å². The summed E-state index contributed by atoms with van der Waals surface area (Å²) in [5.41, 5.74) is 0.0269. The summed E-state index contributed by atoms with van der Waals surface area (Å²) in [5.74, 6) is -3.20. The van der Waals surface area contributed by atoms with Crippen LogP contribution < -0.4 is 5.32 Å². The minimum Gasteiger partial charge on any atom is -0.347 e. The lowest BCUT2D eigenvalue weighted by Gasteiger charge is -2.04. The number of rotatable bonds is 4. The molecule has 0 saturated heterocycles. The van der Waals surface area contributed by atoms with Crippen molar-refractivity contribution in [2.24, 2.45) is 7.05 Å². The number of carbonyl (C=O) groups is 2. The average Bonchev–Trinajstić information content (AvgIpc) is 2.97. The van der Waals surface area contributed by atoms with Crippen molar-refractivity contribution in [1.29, 1.82) is 0 Å². The first kappa shape index (κ1) is 16.5. The number of carbonyl (C=O) groups excluding carboxylic acids is 2. The molecule has 3 rings (SSSR count). The quantitative estimate of drug-likeness (QED) is 0.741. The van der Waals surface area contributed by atoms with Crippen LogP contribution in [0.3, 0.4) is 0 Å². The highest BCUT2D eigenvalue weighted by Gasteiger charge is 2.23. The van der Waals surface area contributed by atoms with Crippen LogP contribution in [-0.4, -0.2) is 21.2 Å². The second-order valence-corrected chi connectivity index (χ2v) is 5.35. The van der Waals surface area contributed by atoms with Crippen molar-refractivity contribution in [2.45, 2.75) is 0 Å². The maximum Gasteiger partial charge on any atom is 0.257 e. The summed E-state index contributed by atoms with van der Waals surface area (Å²) >= 11 is 0. The van der Waals surface area contributed by atoms with Gasteiger partial charge in [0.25, 0.3) is 5.91 Å². The van der Waals surface area contributed by atoms with Gasteiger partial charge in [-0.15, -0.1) is 0 Å². The second kappa shape index (κ2) is 6.64. The number of amides is 1. The zero-order valence-electron chi connectivity index (χ0n) is 13.2. The van der Waals surface area contributed by atoms with E-state index in [1.807, 2.05) is 0 Å². The van der Waals surface area contributed by atoms with Crippen molar-refractivity contribution < 1.29 is 18.4 Å². The topological polar surface area (TPSA) is 64.0 Å². The van der Waals surface area contributed by atoms with E-state index >= 15 is 0 Å². The molecule has 0 aliphatic heterocycles. The largest absolute Gasteiger partial charge is 0.347 e. The van der Waals surface area contributed by atoms with E-state index < -0.39 is 28.9 Å². The van der Waals surface area contributed by atoms with Crippen LogP contribution in [0.2, 0.25) is 0 Å². The molecule has 0 saturated carbocycles. The van der Waals surface area contributed by atoms with E-state index in [1.54, 1.807) is 18.3 Å². The van der Waals surface area contributed by atoms with Gasteiger partial charge in [0.15, 0.2) is 0 Å². The van der Waals surface area contributed by atoms with Crippen LogP contribution in [0.4, 0.5) is 14.5 Å². The Kier molecular flexibility index (Phi) is 4.38. The van der Waals surface area contributed by atoms with E-state index in [9.17, 15) is 18.4 Å². The van der Waals surface area contributed by atoms with Gasteiger partial charge in [-0.2, -0.15) is 0 Å². The Morgan fingerprint density at radius 1 is 1.12 bits per heavy atom. The summed E-state index contributed by atoms with van der Waals surface area (Å²) in [5, 5.41) is 2.63. The molecule has 25 heavy (non-hydrogen) atoms. The molecule has 1 N–H and O–H groups in total. The van der Waals surface area contributed by atoms with Crippen molar-refractivity contribution in [2.75, 3.05) is 5.32 Å². The third kappa shape index (κ3) is 3.30. The van der Waals surface area contributed by atoms with Gasteiger partial charge in [-0.25, -0.2) is 8.78 Å². The first-order chi connectivity index (χ1) is 12.0. The fraction of sp³-hybridized carbons (Fsp3) is 0.0556. The van der Waals surface area contributed by atoms with Crippen LogP contribution in [0.5, 0.6) is 0 Å². The molecule has 0 aliphatic carbocycles. The summed E-state index contributed by atoms with van der Waals surface area (Å²) in [7, 11) is 1.52. The number of anilines is 1. The average molecular weight is 341 g/mol. The number of pyridine rings is 1. The molecule has 0 unspecified atom stereocenters. The van der Waals surface area contributed by atoms with E-state index in [-0.39, 0.29) is 11.3 Å². The lowest BCUT2D eigenvalue weighted by Crippen LogP contribution is -2.11. The molecule has 5 nitrogen and oxygen atoms in total. The molecule has 2 aromatic heterocycles. The molecule has 0 fully saturated rings. The highest BCUT2D eigenvalue weighted by Crippen LogP contribution is 2.19. The van der Waals surface area contributed by atoms with Gasteiger partial charge in [0.05, 0.1) is 28.7 Å². The van der Waals surface area contributed by atoms with Crippen LogP contribution >= 0.6 is 0 Å². The third-order valence-electron chi connectivity index (χ3n) is 3.61. The summed E-state index contributed by atoms with van der Waals surface area (Å²) in [6, 6.07) is 7.81. The molecule has 1 aromatic carbocycles. The van der Waals surface area contributed by atoms with Crippen LogP contribution in [-0.2, 0) is 7.05 Å². The number of aromatic nitrogens is 2. The summed E-state index contributed by atoms with van der Waals surface area (Å²) < 4.78 is 29.0. The van der Waals surface area contributed by atoms with E-state index in [2.05, 4.69) is 10.3 Å². The van der Waals surface area contributed by atoms with Gasteiger partial charge in [-0.3, -0.25) is 14.6 Å². The molecule has 0 bridgehead atoms. The Hall–Kier alpha value is -3.35. The normalized spacial score (nSPS) is 10.5. The summed E-state index contributed by atoms with van der Waals surface area (Å²) in [4.78, 5) is 28.6. The fourth-order valence-corrected chi connectivity index (χ4v) is 2.40. The van der Waals surface area contributed by atoms with Crippen molar-refractivity contribution in [3.63, 3.8) is 0 Å². The van der Waals surface area contributed by atoms with Gasteiger partial charge in [0.1, 0.15) is 11.6 Å². The van der Waals surface area contributed by atoms with Gasteiger partial charge in [0, 0.05) is 19.4 Å². The lowest BCUT2D eigenvalue weighted by molar-refractivity contribution is 0.102. The maximum atomic E-state index is 13.8. The van der Waals surface area contributed by atoms with E-state index in [1.165, 1.54) is 36.1 Å². The van der Waals surface area contributed by atoms with Crippen LogP contribution in [0.25, 0.3) is 0 Å². The minimum atomic E-state index is -0.951. The number of nitrogens with one attached hydrogen (secondary N) is 1. The molecule has 0 spiro atoms. The first-order valence-corrected chi connectivity index (χ1v) is 7.34. The molecule has 126 valence electrons. The Balaban J connectivity index is 1.90. The maximum absolute atomic E-state index is 13.8. The predicted octanol–water partition coefficient (Wildman–Crippen LogP) is 3.18. The molecule has 1 amide bonds. The highest BCUT2D eigenvalue weighted by molar-refractivity contribution is 6.11. The molecular formula is C18H13F2N3O2. The monoisotopic (exact) mass is 341 g/mol. The number of nitrogens with zero attached hydrogens (tertiary/aromatic N) is 2. The van der Waals surface area contributed by atoms with Crippen molar-refractivity contribution in [3.05, 3.63) is 83.4 Å². The van der Waals surface area contributed by atoms with Crippen molar-refractivity contribution in [1.82, 2.24) is 9.55 Å². The molecular weight excluding hydrogens is 328 g/mol. The number of hydrogen-bond acceptors (Lipinski definition) is 3. The zero-order chi connectivity index (χ0) is 18.0. The van der Waals surface area contributed by atoms with Gasteiger partial charge in [-0.1, -0.05) is 6.07 Å². The van der Waals surface area contributed by atoms with Gasteiger partial charge >= 0.3 is 0 Å². The minimum absolute atomic E-state index is 0.000312. The van der Waals surface area contributed by atoms with E-state index in [4.69, 9.17) is 0 Å².